The number of hydrogen-bond donors (Lipinski definition) is 3. The number of anilines is 1. The predicted molar refractivity (Wildman–Crippen MR) is 143 cm³/mol. The first-order valence-electron chi connectivity index (χ1n) is 12.2. The van der Waals surface area contributed by atoms with Gasteiger partial charge in [0, 0.05) is 37.0 Å². The molecule has 0 bridgehead atoms. The number of carboxylic acid groups (broad SMARTS) is 1. The topological polar surface area (TPSA) is 95.7 Å². The standard InChI is InChI=1S/C27H35Cl2N3O3/c28-12-14-32(15-13-29)23-10-8-19(9-11-23)17-24(30)26(33)31-25(27(34)35)18-20-4-3-7-22(16-20)21-5-1-2-6-21/h3-4,7-11,16,21,24-25H,1-2,5-6,12-15,17-18,30H2,(H,31,33)(H,34,35)/t24-,25-/m0/s1. The van der Waals surface area contributed by atoms with Crippen molar-refractivity contribution in [3.8, 4) is 0 Å². The number of nitrogens with zero attached hydrogens (tertiary/aromatic N) is 1. The van der Waals surface area contributed by atoms with Crippen LogP contribution in [-0.2, 0) is 22.4 Å². The van der Waals surface area contributed by atoms with Crippen molar-refractivity contribution < 1.29 is 14.7 Å². The lowest BCUT2D eigenvalue weighted by Crippen LogP contribution is -2.50. The molecule has 1 amide bonds. The summed E-state index contributed by atoms with van der Waals surface area (Å²) in [6, 6.07) is 13.9. The first-order valence-corrected chi connectivity index (χ1v) is 13.3. The van der Waals surface area contributed by atoms with Crippen molar-refractivity contribution in [2.45, 2.75) is 56.5 Å². The third kappa shape index (κ3) is 8.13. The number of alkyl halides is 2. The van der Waals surface area contributed by atoms with Crippen molar-refractivity contribution in [3.05, 3.63) is 65.2 Å². The van der Waals surface area contributed by atoms with Gasteiger partial charge in [-0.25, -0.2) is 4.79 Å². The Morgan fingerprint density at radius 1 is 1.00 bits per heavy atom. The van der Waals surface area contributed by atoms with E-state index in [0.29, 0.717) is 37.2 Å². The van der Waals surface area contributed by atoms with Gasteiger partial charge in [-0.2, -0.15) is 0 Å². The Morgan fingerprint density at radius 2 is 1.66 bits per heavy atom. The Labute approximate surface area is 217 Å². The quantitative estimate of drug-likeness (QED) is 0.342. The van der Waals surface area contributed by atoms with Gasteiger partial charge in [-0.15, -0.1) is 23.2 Å². The van der Waals surface area contributed by atoms with Crippen LogP contribution in [0, 0.1) is 0 Å². The molecule has 0 aliphatic heterocycles. The molecule has 2 aromatic carbocycles. The number of halogens is 2. The van der Waals surface area contributed by atoms with Gasteiger partial charge in [0.05, 0.1) is 6.04 Å². The predicted octanol–water partition coefficient (Wildman–Crippen LogP) is 4.31. The zero-order valence-electron chi connectivity index (χ0n) is 20.0. The number of benzene rings is 2. The van der Waals surface area contributed by atoms with Gasteiger partial charge in [-0.1, -0.05) is 49.2 Å². The van der Waals surface area contributed by atoms with E-state index in [0.717, 1.165) is 16.8 Å². The molecule has 8 heteroatoms. The number of hydrogen-bond acceptors (Lipinski definition) is 4. The molecule has 1 saturated carbocycles. The van der Waals surface area contributed by atoms with Crippen LogP contribution in [0.15, 0.2) is 48.5 Å². The van der Waals surface area contributed by atoms with E-state index in [4.69, 9.17) is 28.9 Å². The molecule has 0 radical (unpaired) electrons. The van der Waals surface area contributed by atoms with Gasteiger partial charge in [-0.05, 0) is 54.0 Å². The Morgan fingerprint density at radius 3 is 2.26 bits per heavy atom. The molecule has 35 heavy (non-hydrogen) atoms. The molecule has 4 N–H and O–H groups in total. The summed E-state index contributed by atoms with van der Waals surface area (Å²) in [5.41, 5.74) is 10.2. The number of carbonyl (C=O) groups excluding carboxylic acids is 1. The largest absolute Gasteiger partial charge is 0.480 e. The Balaban J connectivity index is 1.58. The number of nitrogens with one attached hydrogen (secondary N) is 1. The summed E-state index contributed by atoms with van der Waals surface area (Å²) in [7, 11) is 0. The van der Waals surface area contributed by atoms with Crippen LogP contribution < -0.4 is 16.0 Å². The summed E-state index contributed by atoms with van der Waals surface area (Å²) >= 11 is 11.8. The van der Waals surface area contributed by atoms with E-state index in [1.165, 1.54) is 31.2 Å². The molecule has 0 aromatic heterocycles. The number of amides is 1. The van der Waals surface area contributed by atoms with Gasteiger partial charge < -0.3 is 21.1 Å². The smallest absolute Gasteiger partial charge is 0.326 e. The number of aliphatic carboxylic acids is 1. The van der Waals surface area contributed by atoms with Gasteiger partial charge >= 0.3 is 5.97 Å². The van der Waals surface area contributed by atoms with Crippen molar-refractivity contribution in [2.75, 3.05) is 29.7 Å². The highest BCUT2D eigenvalue weighted by Gasteiger charge is 2.25. The van der Waals surface area contributed by atoms with E-state index >= 15 is 0 Å². The van der Waals surface area contributed by atoms with Crippen LogP contribution in [0.4, 0.5) is 5.69 Å². The highest BCUT2D eigenvalue weighted by Crippen LogP contribution is 2.34. The fourth-order valence-corrected chi connectivity index (χ4v) is 5.12. The minimum atomic E-state index is -1.07. The molecule has 3 rings (SSSR count). The average Bonchev–Trinajstić information content (AvgIpc) is 3.39. The summed E-state index contributed by atoms with van der Waals surface area (Å²) in [5, 5.41) is 12.4. The van der Waals surface area contributed by atoms with E-state index in [9.17, 15) is 14.7 Å². The molecule has 0 unspecified atom stereocenters. The van der Waals surface area contributed by atoms with Crippen LogP contribution in [0.25, 0.3) is 0 Å². The molecule has 0 spiro atoms. The van der Waals surface area contributed by atoms with Gasteiger partial charge in [0.2, 0.25) is 5.91 Å². The zero-order chi connectivity index (χ0) is 25.2. The second-order valence-corrected chi connectivity index (χ2v) is 9.93. The third-order valence-electron chi connectivity index (χ3n) is 6.63. The number of carboxylic acids is 1. The molecule has 0 heterocycles. The van der Waals surface area contributed by atoms with Crippen molar-refractivity contribution in [1.82, 2.24) is 5.32 Å². The number of carbonyl (C=O) groups is 2. The minimum Gasteiger partial charge on any atom is -0.480 e. The SMILES string of the molecule is N[C@@H](Cc1ccc(N(CCCl)CCCl)cc1)C(=O)N[C@@H](Cc1cccc(C2CCCC2)c1)C(=O)O. The van der Waals surface area contributed by atoms with Gasteiger partial charge in [0.25, 0.3) is 0 Å². The second-order valence-electron chi connectivity index (χ2n) is 9.17. The van der Waals surface area contributed by atoms with Crippen LogP contribution in [0.2, 0.25) is 0 Å². The van der Waals surface area contributed by atoms with Crippen LogP contribution in [0.1, 0.15) is 48.3 Å². The van der Waals surface area contributed by atoms with Gasteiger partial charge in [0.15, 0.2) is 0 Å². The summed E-state index contributed by atoms with van der Waals surface area (Å²) in [5.74, 6) is 0.00210. The highest BCUT2D eigenvalue weighted by atomic mass is 35.5. The first kappa shape index (κ1) is 27.3. The van der Waals surface area contributed by atoms with Crippen LogP contribution in [0.3, 0.4) is 0 Å². The molecular weight excluding hydrogens is 485 g/mol. The maximum Gasteiger partial charge on any atom is 0.326 e. The number of rotatable bonds is 13. The molecule has 2 aromatic rings. The highest BCUT2D eigenvalue weighted by molar-refractivity contribution is 6.18. The zero-order valence-corrected chi connectivity index (χ0v) is 21.5. The third-order valence-corrected chi connectivity index (χ3v) is 6.97. The van der Waals surface area contributed by atoms with Crippen molar-refractivity contribution >= 4 is 40.8 Å². The molecule has 190 valence electrons. The van der Waals surface area contributed by atoms with Gasteiger partial charge in [-0.3, -0.25) is 4.79 Å². The Kier molecular flexibility index (Phi) is 10.7. The maximum atomic E-state index is 12.7. The van der Waals surface area contributed by atoms with Crippen LogP contribution in [-0.4, -0.2) is 53.9 Å². The molecule has 1 aliphatic rings. The van der Waals surface area contributed by atoms with Crippen molar-refractivity contribution in [3.63, 3.8) is 0 Å². The van der Waals surface area contributed by atoms with E-state index in [1.54, 1.807) is 0 Å². The van der Waals surface area contributed by atoms with Crippen LogP contribution >= 0.6 is 23.2 Å². The molecule has 0 saturated heterocycles. The summed E-state index contributed by atoms with van der Waals surface area (Å²) in [4.78, 5) is 26.7. The molecule has 1 fully saturated rings. The maximum absolute atomic E-state index is 12.7. The fourth-order valence-electron chi connectivity index (χ4n) is 4.71. The first-order chi connectivity index (χ1) is 16.9. The normalized spacial score (nSPS) is 15.5. The van der Waals surface area contributed by atoms with E-state index in [2.05, 4.69) is 22.3 Å². The lowest BCUT2D eigenvalue weighted by Gasteiger charge is -2.23. The summed E-state index contributed by atoms with van der Waals surface area (Å²) < 4.78 is 0. The molecule has 6 nitrogen and oxygen atoms in total. The van der Waals surface area contributed by atoms with E-state index in [-0.39, 0.29) is 6.42 Å². The second kappa shape index (κ2) is 13.7. The molecular formula is C27H35Cl2N3O3. The summed E-state index contributed by atoms with van der Waals surface area (Å²) in [6.45, 7) is 1.38. The average molecular weight is 521 g/mol. The minimum absolute atomic E-state index is 0.222. The van der Waals surface area contributed by atoms with E-state index < -0.39 is 24.0 Å². The van der Waals surface area contributed by atoms with E-state index in [1.807, 2.05) is 36.4 Å². The fraction of sp³-hybridized carbons (Fsp3) is 0.481. The monoisotopic (exact) mass is 519 g/mol. The van der Waals surface area contributed by atoms with Crippen molar-refractivity contribution in [1.29, 1.82) is 0 Å². The van der Waals surface area contributed by atoms with Crippen LogP contribution in [0.5, 0.6) is 0 Å². The van der Waals surface area contributed by atoms with Gasteiger partial charge in [0.1, 0.15) is 6.04 Å². The Hall–Kier alpha value is -2.28. The lowest BCUT2D eigenvalue weighted by atomic mass is 9.94. The molecule has 1 aliphatic carbocycles. The lowest BCUT2D eigenvalue weighted by molar-refractivity contribution is -0.141. The van der Waals surface area contributed by atoms with Crippen molar-refractivity contribution in [2.24, 2.45) is 5.73 Å². The Bertz CT molecular complexity index is 958. The summed E-state index contributed by atoms with van der Waals surface area (Å²) in [6.07, 6.45) is 5.36. The number of nitrogens with two attached hydrogens (primary N) is 1. The molecule has 2 atom stereocenters.